The van der Waals surface area contributed by atoms with E-state index in [1.165, 1.54) is 0 Å². The molecule has 0 saturated carbocycles. The molecule has 0 aromatic carbocycles. The summed E-state index contributed by atoms with van der Waals surface area (Å²) in [5.41, 5.74) is 1.01. The summed E-state index contributed by atoms with van der Waals surface area (Å²) in [5, 5.41) is 0.518. The lowest BCUT2D eigenvalue weighted by Crippen LogP contribution is -2.04. The molecule has 0 aliphatic heterocycles. The molecule has 0 radical (unpaired) electrons. The topological polar surface area (TPSA) is 25.8 Å². The fourth-order valence-corrected chi connectivity index (χ4v) is 2.16. The standard InChI is InChI=1S/C10H14BrClN2S/c1-6(2)4-7-9(11)10(12)14-8(13-7)5-15-3/h6H,4-5H2,1-3H3. The second-order valence-corrected chi connectivity index (χ2v) is 5.74. The molecule has 84 valence electrons. The molecule has 0 amide bonds. The molecule has 0 aliphatic carbocycles. The summed E-state index contributed by atoms with van der Waals surface area (Å²) in [5.74, 6) is 2.18. The van der Waals surface area contributed by atoms with Gasteiger partial charge in [0.05, 0.1) is 15.9 Å². The largest absolute Gasteiger partial charge is 0.236 e. The summed E-state index contributed by atoms with van der Waals surface area (Å²) in [6.07, 6.45) is 2.95. The summed E-state index contributed by atoms with van der Waals surface area (Å²) in [4.78, 5) is 8.72. The average molecular weight is 310 g/mol. The Hall–Kier alpha value is 0.200. The van der Waals surface area contributed by atoms with E-state index in [0.717, 1.165) is 28.2 Å². The van der Waals surface area contributed by atoms with Crippen molar-refractivity contribution in [1.82, 2.24) is 9.97 Å². The summed E-state index contributed by atoms with van der Waals surface area (Å²) in [7, 11) is 0. The van der Waals surface area contributed by atoms with Crippen molar-refractivity contribution >= 4 is 39.3 Å². The molecular weight excluding hydrogens is 296 g/mol. The van der Waals surface area contributed by atoms with Gasteiger partial charge in [-0.25, -0.2) is 9.97 Å². The van der Waals surface area contributed by atoms with Crippen molar-refractivity contribution in [2.24, 2.45) is 5.92 Å². The molecule has 5 heteroatoms. The highest BCUT2D eigenvalue weighted by Gasteiger charge is 2.11. The van der Waals surface area contributed by atoms with Crippen LogP contribution in [-0.4, -0.2) is 16.2 Å². The van der Waals surface area contributed by atoms with E-state index in [9.17, 15) is 0 Å². The smallest absolute Gasteiger partial charge is 0.147 e. The number of aromatic nitrogens is 2. The maximum absolute atomic E-state index is 6.03. The van der Waals surface area contributed by atoms with Crippen molar-refractivity contribution in [3.8, 4) is 0 Å². The van der Waals surface area contributed by atoms with Gasteiger partial charge in [-0.1, -0.05) is 25.4 Å². The quantitative estimate of drug-likeness (QED) is 0.788. The first-order valence-corrected chi connectivity index (χ1v) is 7.30. The number of thioether (sulfide) groups is 1. The molecule has 0 aliphatic rings. The molecule has 0 atom stereocenters. The van der Waals surface area contributed by atoms with Crippen LogP contribution in [0.5, 0.6) is 0 Å². The monoisotopic (exact) mass is 308 g/mol. The van der Waals surface area contributed by atoms with E-state index >= 15 is 0 Å². The zero-order valence-corrected chi connectivity index (χ0v) is 12.2. The Morgan fingerprint density at radius 2 is 2.07 bits per heavy atom. The second kappa shape index (κ2) is 6.06. The summed E-state index contributed by atoms with van der Waals surface area (Å²) in [6, 6.07) is 0. The van der Waals surface area contributed by atoms with Crippen molar-refractivity contribution in [1.29, 1.82) is 0 Å². The van der Waals surface area contributed by atoms with E-state index in [1.807, 2.05) is 6.26 Å². The van der Waals surface area contributed by atoms with Crippen LogP contribution in [0, 0.1) is 5.92 Å². The SMILES string of the molecule is CSCc1nc(Cl)c(Br)c(CC(C)C)n1. The zero-order valence-electron chi connectivity index (χ0n) is 9.05. The molecule has 0 N–H and O–H groups in total. The van der Waals surface area contributed by atoms with E-state index in [4.69, 9.17) is 11.6 Å². The van der Waals surface area contributed by atoms with Gasteiger partial charge in [-0.2, -0.15) is 11.8 Å². The van der Waals surface area contributed by atoms with Crippen LogP contribution in [0.15, 0.2) is 4.47 Å². The van der Waals surface area contributed by atoms with Crippen LogP contribution < -0.4 is 0 Å². The molecule has 0 unspecified atom stereocenters. The van der Waals surface area contributed by atoms with Crippen LogP contribution in [0.1, 0.15) is 25.4 Å². The molecular formula is C10H14BrClN2S. The van der Waals surface area contributed by atoms with Crippen LogP contribution in [0.3, 0.4) is 0 Å². The fourth-order valence-electron chi connectivity index (χ4n) is 1.23. The molecule has 0 saturated heterocycles. The summed E-state index contributed by atoms with van der Waals surface area (Å²) < 4.78 is 0.836. The first kappa shape index (κ1) is 13.3. The average Bonchev–Trinajstić information content (AvgIpc) is 2.13. The minimum atomic E-state index is 0.518. The van der Waals surface area contributed by atoms with Crippen molar-refractivity contribution < 1.29 is 0 Å². The van der Waals surface area contributed by atoms with E-state index in [2.05, 4.69) is 39.7 Å². The number of hydrogen-bond acceptors (Lipinski definition) is 3. The third kappa shape index (κ3) is 3.93. The third-order valence-electron chi connectivity index (χ3n) is 1.80. The second-order valence-electron chi connectivity index (χ2n) is 3.72. The Morgan fingerprint density at radius 1 is 1.40 bits per heavy atom. The lowest BCUT2D eigenvalue weighted by atomic mass is 10.1. The van der Waals surface area contributed by atoms with E-state index in [0.29, 0.717) is 11.1 Å². The predicted octanol–water partition coefficient (Wildman–Crippen LogP) is 3.95. The van der Waals surface area contributed by atoms with Crippen LogP contribution >= 0.6 is 39.3 Å². The number of nitrogens with zero attached hydrogens (tertiary/aromatic N) is 2. The van der Waals surface area contributed by atoms with E-state index < -0.39 is 0 Å². The van der Waals surface area contributed by atoms with Crippen LogP contribution in [0.2, 0.25) is 5.15 Å². The predicted molar refractivity (Wildman–Crippen MR) is 70.5 cm³/mol. The Morgan fingerprint density at radius 3 is 2.60 bits per heavy atom. The highest BCUT2D eigenvalue weighted by Crippen LogP contribution is 2.26. The van der Waals surface area contributed by atoms with Crippen LogP contribution in [0.25, 0.3) is 0 Å². The van der Waals surface area contributed by atoms with E-state index in [-0.39, 0.29) is 0 Å². The molecule has 0 bridgehead atoms. The van der Waals surface area contributed by atoms with Gasteiger partial charge >= 0.3 is 0 Å². The maximum Gasteiger partial charge on any atom is 0.147 e. The van der Waals surface area contributed by atoms with Crippen molar-refractivity contribution in [3.05, 3.63) is 21.1 Å². The highest BCUT2D eigenvalue weighted by atomic mass is 79.9. The van der Waals surface area contributed by atoms with Gasteiger partial charge in [0.2, 0.25) is 0 Å². The molecule has 1 aromatic heterocycles. The van der Waals surface area contributed by atoms with Gasteiger partial charge in [0.15, 0.2) is 0 Å². The molecule has 1 aromatic rings. The molecule has 1 rings (SSSR count). The van der Waals surface area contributed by atoms with Crippen LogP contribution in [0.4, 0.5) is 0 Å². The summed E-state index contributed by atoms with van der Waals surface area (Å²) >= 11 is 11.2. The third-order valence-corrected chi connectivity index (χ3v) is 3.68. The van der Waals surface area contributed by atoms with Gasteiger partial charge in [0, 0.05) is 0 Å². The molecule has 15 heavy (non-hydrogen) atoms. The van der Waals surface area contributed by atoms with Gasteiger partial charge < -0.3 is 0 Å². The van der Waals surface area contributed by atoms with Gasteiger partial charge in [0.1, 0.15) is 11.0 Å². The molecule has 1 heterocycles. The normalized spacial score (nSPS) is 11.1. The minimum Gasteiger partial charge on any atom is -0.236 e. The van der Waals surface area contributed by atoms with Crippen LogP contribution in [-0.2, 0) is 12.2 Å². The van der Waals surface area contributed by atoms with Crippen molar-refractivity contribution in [3.63, 3.8) is 0 Å². The number of halogens is 2. The highest BCUT2D eigenvalue weighted by molar-refractivity contribution is 9.10. The summed E-state index contributed by atoms with van der Waals surface area (Å²) in [6.45, 7) is 4.33. The van der Waals surface area contributed by atoms with E-state index in [1.54, 1.807) is 11.8 Å². The number of hydrogen-bond donors (Lipinski definition) is 0. The van der Waals surface area contributed by atoms with Crippen molar-refractivity contribution in [2.45, 2.75) is 26.0 Å². The Balaban J connectivity index is 3.01. The Bertz CT molecular complexity index is 344. The Kier molecular flexibility index (Phi) is 5.36. The molecule has 0 fully saturated rings. The molecule has 0 spiro atoms. The maximum atomic E-state index is 6.03. The Labute approximate surface area is 108 Å². The lowest BCUT2D eigenvalue weighted by molar-refractivity contribution is 0.629. The van der Waals surface area contributed by atoms with Gasteiger partial charge in [0.25, 0.3) is 0 Å². The first-order valence-electron chi connectivity index (χ1n) is 4.74. The minimum absolute atomic E-state index is 0.518. The first-order chi connectivity index (χ1) is 7.04. The lowest BCUT2D eigenvalue weighted by Gasteiger charge is -2.09. The zero-order chi connectivity index (χ0) is 11.4. The molecule has 2 nitrogen and oxygen atoms in total. The van der Waals surface area contributed by atoms with Gasteiger partial charge in [-0.05, 0) is 34.5 Å². The van der Waals surface area contributed by atoms with Gasteiger partial charge in [-0.3, -0.25) is 0 Å². The fraction of sp³-hybridized carbons (Fsp3) is 0.600. The van der Waals surface area contributed by atoms with Crippen molar-refractivity contribution in [2.75, 3.05) is 6.26 Å². The van der Waals surface area contributed by atoms with Gasteiger partial charge in [-0.15, -0.1) is 0 Å². The number of rotatable bonds is 4.